The molecular weight excluding hydrogens is 300 g/mol. The number of aryl methyl sites for hydroxylation is 2. The highest BCUT2D eigenvalue weighted by Gasteiger charge is 2.21. The number of amides is 1. The fourth-order valence-electron chi connectivity index (χ4n) is 2.30. The van der Waals surface area contributed by atoms with E-state index < -0.39 is 0 Å². The molecular formula is C15H16N4O2S. The molecule has 0 aliphatic heterocycles. The summed E-state index contributed by atoms with van der Waals surface area (Å²) in [4.78, 5) is 13.5. The SMILES string of the molecule is CCc1noc(C)c1C(=O)Nc1n[nH]c(-c2cccs2)c1C. The highest BCUT2D eigenvalue weighted by Crippen LogP contribution is 2.29. The number of nitrogens with one attached hydrogen (secondary N) is 2. The first-order valence-corrected chi connectivity index (χ1v) is 7.85. The van der Waals surface area contributed by atoms with Gasteiger partial charge in [0.15, 0.2) is 5.82 Å². The molecule has 0 saturated heterocycles. The number of nitrogens with zero attached hydrogens (tertiary/aromatic N) is 2. The topological polar surface area (TPSA) is 83.8 Å². The summed E-state index contributed by atoms with van der Waals surface area (Å²) in [7, 11) is 0. The number of aromatic amines is 1. The van der Waals surface area contributed by atoms with Crippen molar-refractivity contribution in [3.8, 4) is 10.6 Å². The van der Waals surface area contributed by atoms with Gasteiger partial charge in [-0.15, -0.1) is 11.3 Å². The van der Waals surface area contributed by atoms with Gasteiger partial charge in [-0.25, -0.2) is 0 Å². The molecule has 1 amide bonds. The number of thiophene rings is 1. The number of carbonyl (C=O) groups excluding carboxylic acids is 1. The number of H-pyrrole nitrogens is 1. The molecule has 0 saturated carbocycles. The van der Waals surface area contributed by atoms with Crippen molar-refractivity contribution in [1.29, 1.82) is 0 Å². The number of hydrogen-bond acceptors (Lipinski definition) is 5. The van der Waals surface area contributed by atoms with Gasteiger partial charge < -0.3 is 9.84 Å². The average Bonchev–Trinajstić information content (AvgIpc) is 3.20. The van der Waals surface area contributed by atoms with Gasteiger partial charge in [0.25, 0.3) is 5.91 Å². The second-order valence-corrected chi connectivity index (χ2v) is 5.87. The zero-order valence-corrected chi connectivity index (χ0v) is 13.4. The van der Waals surface area contributed by atoms with Crippen molar-refractivity contribution in [2.75, 3.05) is 5.32 Å². The summed E-state index contributed by atoms with van der Waals surface area (Å²) in [5.74, 6) is 0.792. The molecule has 3 aromatic rings. The summed E-state index contributed by atoms with van der Waals surface area (Å²) < 4.78 is 5.10. The van der Waals surface area contributed by atoms with Crippen molar-refractivity contribution in [1.82, 2.24) is 15.4 Å². The molecule has 0 spiro atoms. The van der Waals surface area contributed by atoms with E-state index >= 15 is 0 Å². The van der Waals surface area contributed by atoms with Crippen molar-refractivity contribution in [3.63, 3.8) is 0 Å². The summed E-state index contributed by atoms with van der Waals surface area (Å²) >= 11 is 1.62. The van der Waals surface area contributed by atoms with Gasteiger partial charge in [-0.05, 0) is 31.7 Å². The third-order valence-electron chi connectivity index (χ3n) is 3.50. The fraction of sp³-hybridized carbons (Fsp3) is 0.267. The van der Waals surface area contributed by atoms with Crippen LogP contribution in [0.1, 0.15) is 34.3 Å². The van der Waals surface area contributed by atoms with Gasteiger partial charge in [-0.3, -0.25) is 9.89 Å². The van der Waals surface area contributed by atoms with Crippen LogP contribution in [0.3, 0.4) is 0 Å². The van der Waals surface area contributed by atoms with Crippen LogP contribution in [-0.2, 0) is 6.42 Å². The van der Waals surface area contributed by atoms with E-state index in [1.165, 1.54) is 0 Å². The van der Waals surface area contributed by atoms with E-state index in [4.69, 9.17) is 4.52 Å². The molecule has 6 nitrogen and oxygen atoms in total. The van der Waals surface area contributed by atoms with E-state index in [0.717, 1.165) is 16.1 Å². The number of rotatable bonds is 4. The van der Waals surface area contributed by atoms with Gasteiger partial charge in [-0.2, -0.15) is 5.10 Å². The lowest BCUT2D eigenvalue weighted by Gasteiger charge is -2.03. The van der Waals surface area contributed by atoms with Crippen LogP contribution in [0.2, 0.25) is 0 Å². The molecule has 3 rings (SSSR count). The molecule has 0 aliphatic carbocycles. The number of carbonyl (C=O) groups is 1. The minimum Gasteiger partial charge on any atom is -0.361 e. The molecule has 7 heteroatoms. The number of anilines is 1. The van der Waals surface area contributed by atoms with Gasteiger partial charge >= 0.3 is 0 Å². The molecule has 0 atom stereocenters. The molecule has 3 heterocycles. The summed E-state index contributed by atoms with van der Waals surface area (Å²) in [5, 5.41) is 15.9. The zero-order valence-electron chi connectivity index (χ0n) is 12.6. The quantitative estimate of drug-likeness (QED) is 0.771. The molecule has 22 heavy (non-hydrogen) atoms. The minimum absolute atomic E-state index is 0.247. The maximum absolute atomic E-state index is 12.5. The first kappa shape index (κ1) is 14.5. The minimum atomic E-state index is -0.247. The molecule has 0 unspecified atom stereocenters. The Balaban J connectivity index is 1.88. The maximum Gasteiger partial charge on any atom is 0.262 e. The molecule has 0 aliphatic rings. The first-order valence-electron chi connectivity index (χ1n) is 6.97. The van der Waals surface area contributed by atoms with Crippen LogP contribution >= 0.6 is 11.3 Å². The molecule has 114 valence electrons. The Hall–Kier alpha value is -2.41. The normalized spacial score (nSPS) is 10.9. The standard InChI is InChI=1S/C15H16N4O2S/c1-4-10-12(9(3)21-19-10)15(20)16-14-8(2)13(17-18-14)11-6-5-7-22-11/h5-7H,4H2,1-3H3,(H2,16,17,18,20). The monoisotopic (exact) mass is 316 g/mol. The van der Waals surface area contributed by atoms with Crippen LogP contribution in [0.15, 0.2) is 22.0 Å². The van der Waals surface area contributed by atoms with E-state index in [1.807, 2.05) is 31.4 Å². The van der Waals surface area contributed by atoms with Crippen LogP contribution in [0.25, 0.3) is 10.6 Å². The third kappa shape index (κ3) is 2.43. The Morgan fingerprint density at radius 3 is 2.95 bits per heavy atom. The van der Waals surface area contributed by atoms with Crippen LogP contribution in [0.4, 0.5) is 5.82 Å². The Kier molecular flexibility index (Phi) is 3.81. The van der Waals surface area contributed by atoms with Crippen molar-refractivity contribution in [2.45, 2.75) is 27.2 Å². The molecule has 2 N–H and O–H groups in total. The second-order valence-electron chi connectivity index (χ2n) is 4.92. The lowest BCUT2D eigenvalue weighted by atomic mass is 10.1. The first-order chi connectivity index (χ1) is 10.6. The molecule has 0 bridgehead atoms. The summed E-state index contributed by atoms with van der Waals surface area (Å²) in [6, 6.07) is 3.99. The maximum atomic E-state index is 12.5. The Morgan fingerprint density at radius 1 is 1.45 bits per heavy atom. The average molecular weight is 316 g/mol. The van der Waals surface area contributed by atoms with Crippen LogP contribution in [-0.4, -0.2) is 21.3 Å². The van der Waals surface area contributed by atoms with Crippen molar-refractivity contribution >= 4 is 23.1 Å². The van der Waals surface area contributed by atoms with E-state index in [2.05, 4.69) is 20.7 Å². The van der Waals surface area contributed by atoms with E-state index in [-0.39, 0.29) is 5.91 Å². The van der Waals surface area contributed by atoms with Crippen molar-refractivity contribution < 1.29 is 9.32 Å². The Bertz CT molecular complexity index is 802. The Morgan fingerprint density at radius 2 is 2.27 bits per heavy atom. The van der Waals surface area contributed by atoms with Gasteiger partial charge in [0, 0.05) is 5.56 Å². The lowest BCUT2D eigenvalue weighted by molar-refractivity contribution is 0.102. The summed E-state index contributed by atoms with van der Waals surface area (Å²) in [6.45, 7) is 5.59. The third-order valence-corrected chi connectivity index (χ3v) is 4.39. The highest BCUT2D eigenvalue weighted by atomic mass is 32.1. The summed E-state index contributed by atoms with van der Waals surface area (Å²) in [5.41, 5.74) is 2.97. The second kappa shape index (κ2) is 5.76. The smallest absolute Gasteiger partial charge is 0.262 e. The van der Waals surface area contributed by atoms with E-state index in [1.54, 1.807) is 18.3 Å². The van der Waals surface area contributed by atoms with Crippen LogP contribution < -0.4 is 5.32 Å². The summed E-state index contributed by atoms with van der Waals surface area (Å²) in [6.07, 6.45) is 0.639. The van der Waals surface area contributed by atoms with E-state index in [0.29, 0.717) is 29.3 Å². The molecule has 0 aromatic carbocycles. The number of aromatic nitrogens is 3. The van der Waals surface area contributed by atoms with Crippen molar-refractivity contribution in [2.24, 2.45) is 0 Å². The van der Waals surface area contributed by atoms with Crippen LogP contribution in [0, 0.1) is 13.8 Å². The van der Waals surface area contributed by atoms with Gasteiger partial charge in [0.2, 0.25) is 0 Å². The number of hydrogen-bond donors (Lipinski definition) is 2. The highest BCUT2D eigenvalue weighted by molar-refractivity contribution is 7.13. The van der Waals surface area contributed by atoms with E-state index in [9.17, 15) is 4.79 Å². The van der Waals surface area contributed by atoms with Gasteiger partial charge in [0.05, 0.1) is 16.3 Å². The molecule has 3 aromatic heterocycles. The van der Waals surface area contributed by atoms with Crippen LogP contribution in [0.5, 0.6) is 0 Å². The lowest BCUT2D eigenvalue weighted by Crippen LogP contribution is -2.15. The zero-order chi connectivity index (χ0) is 15.7. The fourth-order valence-corrected chi connectivity index (χ4v) is 3.08. The largest absolute Gasteiger partial charge is 0.361 e. The Labute approximate surface area is 131 Å². The van der Waals surface area contributed by atoms with Crippen molar-refractivity contribution in [3.05, 3.63) is 40.1 Å². The predicted octanol–water partition coefficient (Wildman–Crippen LogP) is 3.56. The molecule has 0 radical (unpaired) electrons. The van der Waals surface area contributed by atoms with Gasteiger partial charge in [0.1, 0.15) is 11.3 Å². The van der Waals surface area contributed by atoms with Gasteiger partial charge in [-0.1, -0.05) is 18.1 Å². The predicted molar refractivity (Wildman–Crippen MR) is 85.2 cm³/mol. The molecule has 0 fully saturated rings.